The largest absolute Gasteiger partial charge is 0.354 e. The zero-order chi connectivity index (χ0) is 18.9. The van der Waals surface area contributed by atoms with Crippen molar-refractivity contribution < 1.29 is 0 Å². The van der Waals surface area contributed by atoms with Crippen LogP contribution in [-0.4, -0.2) is 4.98 Å². The maximum absolute atomic E-state index is 3.71. The predicted molar refractivity (Wildman–Crippen MR) is 123 cm³/mol. The highest BCUT2D eigenvalue weighted by Crippen LogP contribution is 2.49. The first kappa shape index (κ1) is 15.1. The van der Waals surface area contributed by atoms with Crippen molar-refractivity contribution in [3.8, 4) is 33.4 Å². The monoisotopic (exact) mass is 367 g/mol. The van der Waals surface area contributed by atoms with E-state index in [0.717, 1.165) is 0 Å². The van der Waals surface area contributed by atoms with Crippen molar-refractivity contribution in [2.75, 3.05) is 0 Å². The van der Waals surface area contributed by atoms with E-state index in [1.807, 2.05) is 0 Å². The summed E-state index contributed by atoms with van der Waals surface area (Å²) >= 11 is 0. The minimum absolute atomic E-state index is 1.20. The van der Waals surface area contributed by atoms with E-state index in [0.29, 0.717) is 0 Å². The van der Waals surface area contributed by atoms with Gasteiger partial charge in [0.05, 0.1) is 0 Å². The molecular weight excluding hydrogens is 350 g/mol. The van der Waals surface area contributed by atoms with E-state index in [4.69, 9.17) is 0 Å². The minimum atomic E-state index is 1.20. The molecule has 1 aliphatic carbocycles. The van der Waals surface area contributed by atoms with E-state index in [1.54, 1.807) is 0 Å². The fourth-order valence-electron chi connectivity index (χ4n) is 5.16. The average molecular weight is 367 g/mol. The summed E-state index contributed by atoms with van der Waals surface area (Å²) in [5.74, 6) is 0. The lowest BCUT2D eigenvalue weighted by atomic mass is 9.90. The summed E-state index contributed by atoms with van der Waals surface area (Å²) in [6.07, 6.45) is 0. The van der Waals surface area contributed by atoms with Gasteiger partial charge in [-0.1, -0.05) is 84.9 Å². The first-order valence-electron chi connectivity index (χ1n) is 10.1. The molecule has 0 amide bonds. The molecule has 1 heterocycles. The van der Waals surface area contributed by atoms with Crippen LogP contribution in [0.25, 0.3) is 66.0 Å². The minimum Gasteiger partial charge on any atom is -0.354 e. The topological polar surface area (TPSA) is 15.8 Å². The van der Waals surface area contributed by atoms with E-state index in [2.05, 4.69) is 102 Å². The standard InChI is InChI=1S/C28H17N/c1-2-8-17(9-3-1)23-16-25-28-26-20(12-6-13-22(23)26)18-10-4-5-11-19(18)21-14-7-15-24(29-25)27(21)28/h1-16,29H. The molecule has 1 heteroatoms. The van der Waals surface area contributed by atoms with Gasteiger partial charge in [0, 0.05) is 27.2 Å². The van der Waals surface area contributed by atoms with Crippen molar-refractivity contribution in [3.05, 3.63) is 97.1 Å². The molecule has 1 N–H and O–H groups in total. The van der Waals surface area contributed by atoms with Crippen LogP contribution < -0.4 is 0 Å². The Bertz CT molecular complexity index is 1590. The number of hydrogen-bond acceptors (Lipinski definition) is 0. The van der Waals surface area contributed by atoms with E-state index in [-0.39, 0.29) is 0 Å². The number of aromatic nitrogens is 1. The summed E-state index contributed by atoms with van der Waals surface area (Å²) in [7, 11) is 0. The number of benzene rings is 5. The van der Waals surface area contributed by atoms with Gasteiger partial charge < -0.3 is 4.98 Å². The third-order valence-corrected chi connectivity index (χ3v) is 6.34. The molecule has 0 fully saturated rings. The van der Waals surface area contributed by atoms with Gasteiger partial charge >= 0.3 is 0 Å². The molecule has 134 valence electrons. The van der Waals surface area contributed by atoms with Gasteiger partial charge in [0.2, 0.25) is 0 Å². The summed E-state index contributed by atoms with van der Waals surface area (Å²) in [6, 6.07) is 35.2. The number of rotatable bonds is 1. The number of aromatic amines is 1. The molecule has 5 aromatic carbocycles. The first-order valence-corrected chi connectivity index (χ1v) is 10.1. The second-order valence-electron chi connectivity index (χ2n) is 7.84. The van der Waals surface area contributed by atoms with Gasteiger partial charge in [0.15, 0.2) is 0 Å². The molecule has 1 nitrogen and oxygen atoms in total. The maximum Gasteiger partial charge on any atom is 0.0478 e. The predicted octanol–water partition coefficient (Wildman–Crippen LogP) is 7.79. The molecule has 0 atom stereocenters. The van der Waals surface area contributed by atoms with Crippen LogP contribution in [0, 0.1) is 0 Å². The molecule has 7 rings (SSSR count). The van der Waals surface area contributed by atoms with E-state index in [1.165, 1.54) is 66.0 Å². The Labute approximate surface area is 168 Å². The quantitative estimate of drug-likeness (QED) is 0.305. The SMILES string of the molecule is c1ccc(-c2cc3[nH]c4cccc5c4c3c3c(cccc23)-c2ccccc2-5)cc1. The molecule has 0 spiro atoms. The molecule has 0 aliphatic heterocycles. The Hall–Kier alpha value is -3.84. The Kier molecular flexibility index (Phi) is 2.80. The number of H-pyrrole nitrogens is 1. The van der Waals surface area contributed by atoms with Crippen molar-refractivity contribution in [2.24, 2.45) is 0 Å². The van der Waals surface area contributed by atoms with Crippen LogP contribution in [0.1, 0.15) is 0 Å². The summed E-state index contributed by atoms with van der Waals surface area (Å²) in [4.78, 5) is 3.71. The van der Waals surface area contributed by atoms with E-state index in [9.17, 15) is 0 Å². The van der Waals surface area contributed by atoms with Crippen molar-refractivity contribution in [2.45, 2.75) is 0 Å². The Morgan fingerprint density at radius 1 is 0.414 bits per heavy atom. The molecule has 1 aromatic heterocycles. The van der Waals surface area contributed by atoms with E-state index < -0.39 is 0 Å². The Balaban J connectivity index is 1.82. The average Bonchev–Trinajstić information content (AvgIpc) is 3.11. The van der Waals surface area contributed by atoms with Crippen LogP contribution in [0.4, 0.5) is 0 Å². The number of nitrogens with one attached hydrogen (secondary N) is 1. The molecule has 29 heavy (non-hydrogen) atoms. The number of hydrogen-bond donors (Lipinski definition) is 1. The normalized spacial score (nSPS) is 12.1. The summed E-state index contributed by atoms with van der Waals surface area (Å²) < 4.78 is 0. The molecule has 0 saturated carbocycles. The molecule has 1 aliphatic rings. The van der Waals surface area contributed by atoms with Crippen molar-refractivity contribution >= 4 is 32.6 Å². The van der Waals surface area contributed by atoms with Gasteiger partial charge in [-0.15, -0.1) is 0 Å². The first-order chi connectivity index (χ1) is 14.4. The second kappa shape index (κ2) is 5.36. The van der Waals surface area contributed by atoms with Crippen LogP contribution >= 0.6 is 0 Å². The van der Waals surface area contributed by atoms with Gasteiger partial charge in [0.25, 0.3) is 0 Å². The lowest BCUT2D eigenvalue weighted by molar-refractivity contribution is 1.54. The highest BCUT2D eigenvalue weighted by Gasteiger charge is 2.23. The van der Waals surface area contributed by atoms with Crippen LogP contribution in [-0.2, 0) is 0 Å². The van der Waals surface area contributed by atoms with Crippen molar-refractivity contribution in [1.82, 2.24) is 4.98 Å². The summed E-state index contributed by atoms with van der Waals surface area (Å²) in [5.41, 5.74) is 10.2. The van der Waals surface area contributed by atoms with Gasteiger partial charge in [-0.25, -0.2) is 0 Å². The zero-order valence-corrected chi connectivity index (χ0v) is 15.7. The Morgan fingerprint density at radius 2 is 1.07 bits per heavy atom. The molecule has 0 bridgehead atoms. The molecule has 0 unspecified atom stereocenters. The van der Waals surface area contributed by atoms with Crippen molar-refractivity contribution in [3.63, 3.8) is 0 Å². The maximum atomic E-state index is 3.71. The summed E-state index contributed by atoms with van der Waals surface area (Å²) in [5, 5.41) is 5.35. The van der Waals surface area contributed by atoms with Gasteiger partial charge in [-0.3, -0.25) is 0 Å². The van der Waals surface area contributed by atoms with E-state index >= 15 is 0 Å². The zero-order valence-electron chi connectivity index (χ0n) is 15.7. The third kappa shape index (κ3) is 1.89. The van der Waals surface area contributed by atoms with Crippen LogP contribution in [0.3, 0.4) is 0 Å². The second-order valence-corrected chi connectivity index (χ2v) is 7.84. The highest BCUT2D eigenvalue weighted by atomic mass is 14.7. The summed E-state index contributed by atoms with van der Waals surface area (Å²) in [6.45, 7) is 0. The lowest BCUT2D eigenvalue weighted by Crippen LogP contribution is -1.87. The smallest absolute Gasteiger partial charge is 0.0478 e. The Morgan fingerprint density at radius 3 is 1.86 bits per heavy atom. The van der Waals surface area contributed by atoms with Gasteiger partial charge in [-0.05, 0) is 50.9 Å². The molecule has 6 aromatic rings. The molecular formula is C28H17N. The van der Waals surface area contributed by atoms with Crippen molar-refractivity contribution in [1.29, 1.82) is 0 Å². The third-order valence-electron chi connectivity index (χ3n) is 6.34. The fraction of sp³-hybridized carbons (Fsp3) is 0. The highest BCUT2D eigenvalue weighted by molar-refractivity contribution is 6.31. The van der Waals surface area contributed by atoms with Gasteiger partial charge in [-0.2, -0.15) is 0 Å². The molecule has 0 radical (unpaired) electrons. The van der Waals surface area contributed by atoms with Crippen LogP contribution in [0.15, 0.2) is 97.1 Å². The van der Waals surface area contributed by atoms with Gasteiger partial charge in [0.1, 0.15) is 0 Å². The number of fused-ring (bicyclic) bond motifs is 3. The fourth-order valence-corrected chi connectivity index (χ4v) is 5.16. The molecule has 0 saturated heterocycles. The van der Waals surface area contributed by atoms with Crippen LogP contribution in [0.5, 0.6) is 0 Å². The lowest BCUT2D eigenvalue weighted by Gasteiger charge is -2.13. The van der Waals surface area contributed by atoms with Crippen LogP contribution in [0.2, 0.25) is 0 Å².